The zero-order valence-electron chi connectivity index (χ0n) is 20.2. The average molecular weight is 470 g/mol. The molecule has 2 aromatic carbocycles. The molecule has 2 aromatic rings. The molecule has 0 aliphatic heterocycles. The fourth-order valence-electron chi connectivity index (χ4n) is 4.87. The van der Waals surface area contributed by atoms with Crippen LogP contribution in [0.4, 0.5) is 0 Å². The number of benzene rings is 2. The summed E-state index contributed by atoms with van der Waals surface area (Å²) in [7, 11) is 0. The van der Waals surface area contributed by atoms with Gasteiger partial charge in [0.15, 0.2) is 0 Å². The van der Waals surface area contributed by atoms with E-state index >= 15 is 0 Å². The minimum Gasteiger partial charge on any atom is -0.494 e. The average Bonchev–Trinajstić information content (AvgIpc) is 2.80. The van der Waals surface area contributed by atoms with E-state index < -0.39 is 17.5 Å². The lowest BCUT2D eigenvalue weighted by atomic mass is 9.76. The SMILES string of the molecule is CCOc1cccc2c1CC(C)C(C(=O)O)C2.CCOc1cccc2c1CCC(N)(C(=O)O)C2. The molecule has 0 radical (unpaired) electrons. The molecule has 4 N–H and O–H groups in total. The number of carbonyl (C=O) groups is 2. The summed E-state index contributed by atoms with van der Waals surface area (Å²) in [6.07, 6.45) is 2.90. The lowest BCUT2D eigenvalue weighted by molar-refractivity contribution is -0.144. The van der Waals surface area contributed by atoms with Gasteiger partial charge >= 0.3 is 11.9 Å². The number of rotatable bonds is 6. The summed E-state index contributed by atoms with van der Waals surface area (Å²) in [6, 6.07) is 11.7. The summed E-state index contributed by atoms with van der Waals surface area (Å²) < 4.78 is 11.1. The van der Waals surface area contributed by atoms with Crippen molar-refractivity contribution in [3.8, 4) is 11.5 Å². The molecule has 0 saturated carbocycles. The number of hydrogen-bond acceptors (Lipinski definition) is 5. The summed E-state index contributed by atoms with van der Waals surface area (Å²) in [4.78, 5) is 22.3. The maximum Gasteiger partial charge on any atom is 0.324 e. The zero-order chi connectivity index (χ0) is 24.9. The summed E-state index contributed by atoms with van der Waals surface area (Å²) in [5.74, 6) is 0.0639. The summed E-state index contributed by atoms with van der Waals surface area (Å²) in [5, 5.41) is 18.3. The Balaban J connectivity index is 0.000000191. The number of carboxylic acids is 2. The quantitative estimate of drug-likeness (QED) is 0.587. The van der Waals surface area contributed by atoms with Crippen LogP contribution >= 0.6 is 0 Å². The van der Waals surface area contributed by atoms with Crippen molar-refractivity contribution in [3.63, 3.8) is 0 Å². The molecule has 0 bridgehead atoms. The molecule has 0 spiro atoms. The number of fused-ring (bicyclic) bond motifs is 2. The largest absolute Gasteiger partial charge is 0.494 e. The Morgan fingerprint density at radius 1 is 0.971 bits per heavy atom. The summed E-state index contributed by atoms with van der Waals surface area (Å²) >= 11 is 0. The number of aliphatic carboxylic acids is 2. The van der Waals surface area contributed by atoms with Crippen molar-refractivity contribution in [3.05, 3.63) is 58.7 Å². The van der Waals surface area contributed by atoms with Gasteiger partial charge in [0, 0.05) is 6.42 Å². The molecule has 2 aliphatic carbocycles. The minimum atomic E-state index is -1.13. The first-order chi connectivity index (χ1) is 16.2. The highest BCUT2D eigenvalue weighted by Gasteiger charge is 2.38. The fourth-order valence-corrected chi connectivity index (χ4v) is 4.87. The van der Waals surface area contributed by atoms with Crippen LogP contribution in [0.3, 0.4) is 0 Å². The van der Waals surface area contributed by atoms with Crippen molar-refractivity contribution >= 4 is 11.9 Å². The van der Waals surface area contributed by atoms with Crippen LogP contribution in [0.25, 0.3) is 0 Å². The van der Waals surface area contributed by atoms with Crippen LogP contribution in [0.5, 0.6) is 11.5 Å². The van der Waals surface area contributed by atoms with Gasteiger partial charge in [0.2, 0.25) is 0 Å². The van der Waals surface area contributed by atoms with E-state index in [1.807, 2.05) is 57.2 Å². The van der Waals surface area contributed by atoms with E-state index in [1.165, 1.54) is 5.56 Å². The van der Waals surface area contributed by atoms with Crippen LogP contribution in [0, 0.1) is 11.8 Å². The van der Waals surface area contributed by atoms with Crippen LogP contribution in [0.15, 0.2) is 36.4 Å². The molecule has 0 aromatic heterocycles. The Kier molecular flexibility index (Phi) is 8.20. The van der Waals surface area contributed by atoms with Gasteiger partial charge in [0.25, 0.3) is 0 Å². The van der Waals surface area contributed by atoms with E-state index in [0.29, 0.717) is 38.9 Å². The maximum absolute atomic E-state index is 11.2. The number of nitrogens with two attached hydrogens (primary N) is 1. The standard InChI is InChI=1S/C14H18O3.C13H17NO3/c1-3-17-13-6-4-5-10-8-11(14(15)16)9(2)7-12(10)13;1-2-17-11-5-3-4-9-8-13(14,12(15)16)7-6-10(9)11/h4-6,9,11H,3,7-8H2,1-2H3,(H,15,16);3-5H,2,6-8,14H2,1H3,(H,15,16). The first-order valence-electron chi connectivity index (χ1n) is 11.9. The molecular formula is C27H35NO6. The van der Waals surface area contributed by atoms with Crippen molar-refractivity contribution in [2.45, 2.75) is 58.4 Å². The van der Waals surface area contributed by atoms with Gasteiger partial charge in [-0.25, -0.2) is 0 Å². The monoisotopic (exact) mass is 469 g/mol. The van der Waals surface area contributed by atoms with Gasteiger partial charge in [-0.05, 0) is 79.8 Å². The maximum atomic E-state index is 11.2. The Bertz CT molecular complexity index is 1040. The second-order valence-electron chi connectivity index (χ2n) is 9.12. The third-order valence-corrected chi connectivity index (χ3v) is 6.78. The zero-order valence-corrected chi connectivity index (χ0v) is 20.2. The van der Waals surface area contributed by atoms with Crippen LogP contribution in [0.2, 0.25) is 0 Å². The van der Waals surface area contributed by atoms with E-state index in [1.54, 1.807) is 0 Å². The van der Waals surface area contributed by atoms with Gasteiger partial charge in [-0.3, -0.25) is 9.59 Å². The van der Waals surface area contributed by atoms with Crippen LogP contribution in [0.1, 0.15) is 49.4 Å². The van der Waals surface area contributed by atoms with E-state index in [4.69, 9.17) is 20.3 Å². The van der Waals surface area contributed by atoms with Gasteiger partial charge in [-0.15, -0.1) is 0 Å². The first-order valence-corrected chi connectivity index (χ1v) is 11.9. The summed E-state index contributed by atoms with van der Waals surface area (Å²) in [5.41, 5.74) is 9.19. The first kappa shape index (κ1) is 25.6. The van der Waals surface area contributed by atoms with E-state index in [9.17, 15) is 14.7 Å². The van der Waals surface area contributed by atoms with Crippen LogP contribution in [-0.2, 0) is 35.3 Å². The Morgan fingerprint density at radius 3 is 2.12 bits per heavy atom. The molecule has 34 heavy (non-hydrogen) atoms. The van der Waals surface area contributed by atoms with Crippen LogP contribution < -0.4 is 15.2 Å². The minimum absolute atomic E-state index is 0.168. The number of ether oxygens (including phenoxy) is 2. The molecule has 7 nitrogen and oxygen atoms in total. The van der Waals surface area contributed by atoms with E-state index in [2.05, 4.69) is 0 Å². The van der Waals surface area contributed by atoms with Crippen molar-refractivity contribution in [2.24, 2.45) is 17.6 Å². The molecule has 0 heterocycles. The lowest BCUT2D eigenvalue weighted by Crippen LogP contribution is -2.52. The second-order valence-corrected chi connectivity index (χ2v) is 9.12. The Labute approximate surface area is 200 Å². The van der Waals surface area contributed by atoms with Gasteiger partial charge in [0.05, 0.1) is 19.1 Å². The van der Waals surface area contributed by atoms with Gasteiger partial charge < -0.3 is 25.4 Å². The highest BCUT2D eigenvalue weighted by molar-refractivity contribution is 5.79. The predicted molar refractivity (Wildman–Crippen MR) is 129 cm³/mol. The molecule has 0 saturated heterocycles. The third-order valence-electron chi connectivity index (χ3n) is 6.78. The Hall–Kier alpha value is -3.06. The fraction of sp³-hybridized carbons (Fsp3) is 0.481. The van der Waals surface area contributed by atoms with E-state index in [0.717, 1.165) is 34.6 Å². The highest BCUT2D eigenvalue weighted by Crippen LogP contribution is 2.36. The normalized spacial score (nSPS) is 22.9. The molecule has 0 fully saturated rings. The summed E-state index contributed by atoms with van der Waals surface area (Å²) in [6.45, 7) is 7.17. The molecule has 2 aliphatic rings. The third kappa shape index (κ3) is 5.53. The van der Waals surface area contributed by atoms with Crippen molar-refractivity contribution in [2.75, 3.05) is 13.2 Å². The van der Waals surface area contributed by atoms with Gasteiger partial charge in [0.1, 0.15) is 17.0 Å². The predicted octanol–water partition coefficient (Wildman–Crippen LogP) is 3.88. The molecule has 0 amide bonds. The van der Waals surface area contributed by atoms with Gasteiger partial charge in [-0.1, -0.05) is 31.2 Å². The second kappa shape index (κ2) is 10.9. The Morgan fingerprint density at radius 2 is 1.56 bits per heavy atom. The smallest absolute Gasteiger partial charge is 0.324 e. The van der Waals surface area contributed by atoms with E-state index in [-0.39, 0.29) is 11.8 Å². The topological polar surface area (TPSA) is 119 Å². The van der Waals surface area contributed by atoms with Gasteiger partial charge in [-0.2, -0.15) is 0 Å². The molecule has 4 rings (SSSR count). The van der Waals surface area contributed by atoms with Crippen molar-refractivity contribution in [1.82, 2.24) is 0 Å². The highest BCUT2D eigenvalue weighted by atomic mass is 16.5. The number of hydrogen-bond donors (Lipinski definition) is 3. The van der Waals surface area contributed by atoms with Crippen molar-refractivity contribution < 1.29 is 29.3 Å². The molecular weight excluding hydrogens is 434 g/mol. The molecule has 3 unspecified atom stereocenters. The van der Waals surface area contributed by atoms with Crippen LogP contribution in [-0.4, -0.2) is 40.9 Å². The number of carboxylic acid groups (broad SMARTS) is 2. The molecule has 3 atom stereocenters. The molecule has 184 valence electrons. The lowest BCUT2D eigenvalue weighted by Gasteiger charge is -2.31. The molecule has 7 heteroatoms. The van der Waals surface area contributed by atoms with Crippen molar-refractivity contribution in [1.29, 1.82) is 0 Å².